The summed E-state index contributed by atoms with van der Waals surface area (Å²) in [4.78, 5) is 32.0. The van der Waals surface area contributed by atoms with Crippen LogP contribution in [0.25, 0.3) is 11.1 Å². The minimum atomic E-state index is -0.134. The number of ether oxygens (including phenoxy) is 2. The Hall–Kier alpha value is -4.56. The van der Waals surface area contributed by atoms with Crippen LogP contribution in [0.4, 0.5) is 5.69 Å². The van der Waals surface area contributed by atoms with Gasteiger partial charge in [-0.25, -0.2) is 0 Å². The molecule has 2 amide bonds. The highest BCUT2D eigenvalue weighted by atomic mass is 16.5. The van der Waals surface area contributed by atoms with Gasteiger partial charge in [-0.3, -0.25) is 9.59 Å². The van der Waals surface area contributed by atoms with Crippen molar-refractivity contribution in [3.8, 4) is 22.6 Å². The van der Waals surface area contributed by atoms with Gasteiger partial charge < -0.3 is 29.2 Å². The summed E-state index contributed by atoms with van der Waals surface area (Å²) in [5.74, 6) is 1.70. The van der Waals surface area contributed by atoms with E-state index in [1.54, 1.807) is 25.2 Å². The molecule has 8 rings (SSSR count). The number of carbonyl (C=O) groups is 2. The number of rotatable bonds is 6. The first-order chi connectivity index (χ1) is 21.0. The average Bonchev–Trinajstić information content (AvgIpc) is 3.37. The van der Waals surface area contributed by atoms with Crippen LogP contribution in [0.2, 0.25) is 0 Å². The van der Waals surface area contributed by atoms with Gasteiger partial charge >= 0.3 is 0 Å². The van der Waals surface area contributed by atoms with Crippen LogP contribution in [0.3, 0.4) is 0 Å². The predicted molar refractivity (Wildman–Crippen MR) is 166 cm³/mol. The first-order valence-electron chi connectivity index (χ1n) is 15.0. The van der Waals surface area contributed by atoms with Crippen molar-refractivity contribution in [1.29, 1.82) is 0 Å². The van der Waals surface area contributed by atoms with Crippen LogP contribution < -0.4 is 19.7 Å². The molecular weight excluding hydrogens is 540 g/mol. The summed E-state index contributed by atoms with van der Waals surface area (Å²) in [5, 5.41) is 3.34. The molecule has 220 valence electrons. The molecule has 1 N–H and O–H groups in total. The second kappa shape index (κ2) is 11.3. The van der Waals surface area contributed by atoms with Crippen LogP contribution in [-0.2, 0) is 13.1 Å². The zero-order valence-corrected chi connectivity index (χ0v) is 24.6. The van der Waals surface area contributed by atoms with E-state index in [-0.39, 0.29) is 17.9 Å². The van der Waals surface area contributed by atoms with Crippen molar-refractivity contribution >= 4 is 17.5 Å². The molecule has 0 unspecified atom stereocenters. The van der Waals surface area contributed by atoms with Gasteiger partial charge in [-0.15, -0.1) is 0 Å². The molecule has 2 bridgehead atoms. The number of nitrogens with zero attached hydrogens (tertiary/aromatic N) is 3. The topological polar surface area (TPSA) is 76.0 Å². The Kier molecular flexibility index (Phi) is 7.15. The van der Waals surface area contributed by atoms with Gasteiger partial charge in [0, 0.05) is 40.7 Å². The van der Waals surface area contributed by atoms with Gasteiger partial charge in [0.05, 0.1) is 27.3 Å². The lowest BCUT2D eigenvalue weighted by Gasteiger charge is -2.44. The molecule has 0 saturated carbocycles. The maximum atomic E-state index is 14.2. The highest BCUT2D eigenvalue weighted by Gasteiger charge is 2.36. The third-order valence-electron chi connectivity index (χ3n) is 9.30. The molecule has 0 aliphatic carbocycles. The number of benzene rings is 3. The lowest BCUT2D eigenvalue weighted by Crippen LogP contribution is -2.57. The molecule has 8 nitrogen and oxygen atoms in total. The number of nitrogens with one attached hydrogen (secondary N) is 1. The molecule has 4 aliphatic rings. The lowest BCUT2D eigenvalue weighted by atomic mass is 9.84. The van der Waals surface area contributed by atoms with E-state index in [2.05, 4.69) is 14.8 Å². The number of piperidine rings is 3. The molecule has 0 radical (unpaired) electrons. The largest absolute Gasteiger partial charge is 0.496 e. The minimum Gasteiger partial charge on any atom is -0.496 e. The summed E-state index contributed by atoms with van der Waals surface area (Å²) in [6.07, 6.45) is 2.29. The number of anilines is 1. The van der Waals surface area contributed by atoms with Crippen LogP contribution in [0.15, 0.2) is 78.9 Å². The van der Waals surface area contributed by atoms with Crippen LogP contribution in [-0.4, -0.2) is 61.2 Å². The van der Waals surface area contributed by atoms with Crippen molar-refractivity contribution in [2.75, 3.05) is 38.8 Å². The van der Waals surface area contributed by atoms with E-state index in [1.165, 1.54) is 0 Å². The highest BCUT2D eigenvalue weighted by Crippen LogP contribution is 2.38. The van der Waals surface area contributed by atoms with E-state index >= 15 is 0 Å². The first-order valence-corrected chi connectivity index (χ1v) is 15.0. The normalized spacial score (nSPS) is 20.5. The van der Waals surface area contributed by atoms with Gasteiger partial charge in [0.15, 0.2) is 0 Å². The van der Waals surface area contributed by atoms with Crippen LogP contribution in [0.5, 0.6) is 11.5 Å². The number of amides is 2. The van der Waals surface area contributed by atoms with Crippen molar-refractivity contribution in [3.63, 3.8) is 0 Å². The molecular formula is C35H36N4O4. The fraction of sp³-hybridized carbons (Fsp3) is 0.314. The third-order valence-corrected chi connectivity index (χ3v) is 9.30. The quantitative estimate of drug-likeness (QED) is 0.341. The molecule has 5 heterocycles. The summed E-state index contributed by atoms with van der Waals surface area (Å²) < 4.78 is 13.4. The Morgan fingerprint density at radius 2 is 1.56 bits per heavy atom. The molecule has 3 aromatic carbocycles. The Morgan fingerprint density at radius 1 is 0.814 bits per heavy atom. The van der Waals surface area contributed by atoms with Gasteiger partial charge in [0.2, 0.25) is 0 Å². The summed E-state index contributed by atoms with van der Waals surface area (Å²) in [6, 6.07) is 25.3. The molecule has 4 aromatic rings. The summed E-state index contributed by atoms with van der Waals surface area (Å²) in [5.41, 5.74) is 5.64. The fourth-order valence-corrected chi connectivity index (χ4v) is 6.98. The number of fused-ring (bicyclic) bond motifs is 5. The van der Waals surface area contributed by atoms with Gasteiger partial charge in [-0.05, 0) is 79.9 Å². The number of methoxy groups -OCH3 is 2. The maximum absolute atomic E-state index is 14.2. The van der Waals surface area contributed by atoms with Crippen molar-refractivity contribution in [1.82, 2.24) is 14.8 Å². The van der Waals surface area contributed by atoms with Crippen LogP contribution >= 0.6 is 0 Å². The summed E-state index contributed by atoms with van der Waals surface area (Å²) >= 11 is 0. The maximum Gasteiger partial charge on any atom is 0.268 e. The van der Waals surface area contributed by atoms with E-state index in [0.29, 0.717) is 36.0 Å². The van der Waals surface area contributed by atoms with E-state index in [4.69, 9.17) is 9.47 Å². The van der Waals surface area contributed by atoms with E-state index in [9.17, 15) is 9.59 Å². The smallest absolute Gasteiger partial charge is 0.268 e. The summed E-state index contributed by atoms with van der Waals surface area (Å²) in [7, 11) is 3.25. The second-order valence-electron chi connectivity index (χ2n) is 11.6. The fourth-order valence-electron chi connectivity index (χ4n) is 6.98. The Balaban J connectivity index is 1.19. The number of aromatic nitrogens is 1. The zero-order chi connectivity index (χ0) is 29.5. The summed E-state index contributed by atoms with van der Waals surface area (Å²) in [6.45, 7) is 4.05. The van der Waals surface area contributed by atoms with Gasteiger partial charge in [-0.2, -0.15) is 0 Å². The molecule has 43 heavy (non-hydrogen) atoms. The monoisotopic (exact) mass is 576 g/mol. The van der Waals surface area contributed by atoms with Crippen molar-refractivity contribution < 1.29 is 19.1 Å². The average molecular weight is 577 g/mol. The Morgan fingerprint density at radius 3 is 2.33 bits per heavy atom. The van der Waals surface area contributed by atoms with Gasteiger partial charge in [0.1, 0.15) is 17.2 Å². The number of hydrogen-bond donors (Lipinski definition) is 1. The van der Waals surface area contributed by atoms with Crippen molar-refractivity contribution in [2.24, 2.45) is 5.92 Å². The van der Waals surface area contributed by atoms with E-state index in [1.807, 2.05) is 72.8 Å². The van der Waals surface area contributed by atoms with Crippen LogP contribution in [0.1, 0.15) is 44.9 Å². The number of para-hydroxylation sites is 2. The van der Waals surface area contributed by atoms with E-state index in [0.717, 1.165) is 66.3 Å². The SMILES string of the molecule is COc1ccccc1-c1ccc(C(=O)N2Cc3ccc(C(=O)N[C@H]4CN5CCC4CC5)n3Cc3ccccc32)cc1OC. The molecule has 8 heteroatoms. The number of carbonyl (C=O) groups excluding carboxylic acids is 2. The molecule has 4 aliphatic heterocycles. The number of hydrogen-bond acceptors (Lipinski definition) is 5. The molecule has 1 aromatic heterocycles. The second-order valence-corrected chi connectivity index (χ2v) is 11.6. The Labute approximate surface area is 251 Å². The van der Waals surface area contributed by atoms with Crippen molar-refractivity contribution in [3.05, 3.63) is 101 Å². The molecule has 1 atom stereocenters. The van der Waals surface area contributed by atoms with E-state index < -0.39 is 0 Å². The first kappa shape index (κ1) is 27.3. The third kappa shape index (κ3) is 4.95. The van der Waals surface area contributed by atoms with Crippen molar-refractivity contribution in [2.45, 2.75) is 32.0 Å². The van der Waals surface area contributed by atoms with Gasteiger partial charge in [-0.1, -0.05) is 36.4 Å². The Bertz CT molecular complexity index is 1690. The zero-order valence-electron chi connectivity index (χ0n) is 24.6. The minimum absolute atomic E-state index is 0.0427. The molecule has 3 saturated heterocycles. The van der Waals surface area contributed by atoms with Crippen LogP contribution in [0, 0.1) is 5.92 Å². The lowest BCUT2D eigenvalue weighted by molar-refractivity contribution is 0.0615. The molecule has 3 fully saturated rings. The molecule has 0 spiro atoms. The standard InChI is InChI=1S/C35H36N4O4/c1-42-32-10-6-4-8-27(32)28-13-11-24(19-33(28)43-2)35(41)39-21-26-12-14-31(38(26)20-25-7-3-5-9-30(25)39)34(40)36-29-22-37-17-15-23(29)16-18-37/h3-14,19,23,29H,15-18,20-22H2,1-2H3,(H,36,40)/t29-/m0/s1. The van der Waals surface area contributed by atoms with Gasteiger partial charge in [0.25, 0.3) is 11.8 Å². The highest BCUT2D eigenvalue weighted by molar-refractivity contribution is 6.07. The predicted octanol–water partition coefficient (Wildman–Crippen LogP) is 5.21.